The molecule has 1 aliphatic heterocycles. The summed E-state index contributed by atoms with van der Waals surface area (Å²) in [5.74, 6) is 0.406. The van der Waals surface area contributed by atoms with E-state index in [1.807, 2.05) is 42.6 Å². The Morgan fingerprint density at radius 2 is 1.78 bits per heavy atom. The van der Waals surface area contributed by atoms with Gasteiger partial charge in [-0.1, -0.05) is 30.3 Å². The molecule has 4 rings (SSSR count). The number of primary amides is 1. The lowest BCUT2D eigenvalue weighted by atomic mass is 9.92. The fourth-order valence-corrected chi connectivity index (χ4v) is 5.49. The number of benzene rings is 2. The van der Waals surface area contributed by atoms with E-state index < -0.39 is 15.7 Å². The second-order valence-electron chi connectivity index (χ2n) is 7.29. The molecule has 1 aliphatic rings. The van der Waals surface area contributed by atoms with Crippen molar-refractivity contribution in [3.8, 4) is 11.1 Å². The first-order valence-corrected chi connectivity index (χ1v) is 10.9. The van der Waals surface area contributed by atoms with Gasteiger partial charge in [-0.2, -0.15) is 0 Å². The molecule has 0 aliphatic carbocycles. The Hall–Kier alpha value is -2.60. The number of hydrogen-bond donors (Lipinski definition) is 2. The summed E-state index contributed by atoms with van der Waals surface area (Å²) in [6.45, 7) is 0. The Morgan fingerprint density at radius 3 is 2.44 bits per heavy atom. The SMILES string of the molecule is NC(=O)c1cc(-c2ccccc2)cc2c(CC3CCS(=O)(=O)CC3)c[nH]c12. The van der Waals surface area contributed by atoms with E-state index in [0.29, 0.717) is 24.3 Å². The van der Waals surface area contributed by atoms with Crippen molar-refractivity contribution in [3.05, 3.63) is 59.8 Å². The number of sulfone groups is 1. The third-order valence-electron chi connectivity index (χ3n) is 5.43. The van der Waals surface area contributed by atoms with Crippen LogP contribution in [0.25, 0.3) is 22.0 Å². The normalized spacial score (nSPS) is 17.2. The maximum Gasteiger partial charge on any atom is 0.250 e. The molecule has 0 unspecified atom stereocenters. The lowest BCUT2D eigenvalue weighted by Crippen LogP contribution is -2.24. The summed E-state index contributed by atoms with van der Waals surface area (Å²) in [5, 5.41) is 0.985. The number of carbonyl (C=O) groups excluding carboxylic acids is 1. The number of amides is 1. The van der Waals surface area contributed by atoms with Gasteiger partial charge in [0, 0.05) is 11.6 Å². The number of H-pyrrole nitrogens is 1. The van der Waals surface area contributed by atoms with Gasteiger partial charge < -0.3 is 10.7 Å². The molecule has 0 bridgehead atoms. The maximum absolute atomic E-state index is 12.0. The van der Waals surface area contributed by atoms with Crippen molar-refractivity contribution in [1.82, 2.24) is 4.98 Å². The van der Waals surface area contributed by atoms with Gasteiger partial charge in [-0.3, -0.25) is 4.79 Å². The summed E-state index contributed by atoms with van der Waals surface area (Å²) in [6.07, 6.45) is 4.10. The van der Waals surface area contributed by atoms with Crippen molar-refractivity contribution < 1.29 is 13.2 Å². The van der Waals surface area contributed by atoms with Gasteiger partial charge in [0.25, 0.3) is 5.91 Å². The van der Waals surface area contributed by atoms with Crippen LogP contribution in [0.2, 0.25) is 0 Å². The van der Waals surface area contributed by atoms with Gasteiger partial charge in [0.2, 0.25) is 0 Å². The zero-order chi connectivity index (χ0) is 19.0. The molecule has 0 spiro atoms. The summed E-state index contributed by atoms with van der Waals surface area (Å²) in [5.41, 5.74) is 9.93. The molecule has 6 heteroatoms. The molecule has 140 valence electrons. The van der Waals surface area contributed by atoms with Crippen LogP contribution in [-0.2, 0) is 16.3 Å². The Morgan fingerprint density at radius 1 is 1.07 bits per heavy atom. The summed E-state index contributed by atoms with van der Waals surface area (Å²) < 4.78 is 23.3. The van der Waals surface area contributed by atoms with Crippen LogP contribution in [0, 0.1) is 5.92 Å². The quantitative estimate of drug-likeness (QED) is 0.725. The average Bonchev–Trinajstić information content (AvgIpc) is 3.06. The third-order valence-corrected chi connectivity index (χ3v) is 7.15. The molecular weight excluding hydrogens is 360 g/mol. The lowest BCUT2D eigenvalue weighted by molar-refractivity contribution is 0.100. The van der Waals surface area contributed by atoms with E-state index in [0.717, 1.165) is 34.0 Å². The second kappa shape index (κ2) is 6.85. The average molecular weight is 382 g/mol. The molecular formula is C21H22N2O3S. The smallest absolute Gasteiger partial charge is 0.250 e. The molecule has 3 N–H and O–H groups in total. The van der Waals surface area contributed by atoms with E-state index in [2.05, 4.69) is 11.1 Å². The van der Waals surface area contributed by atoms with E-state index in [-0.39, 0.29) is 11.5 Å². The maximum atomic E-state index is 12.0. The number of nitrogens with one attached hydrogen (secondary N) is 1. The molecule has 0 atom stereocenters. The van der Waals surface area contributed by atoms with E-state index in [9.17, 15) is 13.2 Å². The first-order chi connectivity index (χ1) is 12.9. The molecule has 27 heavy (non-hydrogen) atoms. The number of carbonyl (C=O) groups is 1. The summed E-state index contributed by atoms with van der Waals surface area (Å²) in [6, 6.07) is 13.8. The van der Waals surface area contributed by atoms with Crippen LogP contribution >= 0.6 is 0 Å². The van der Waals surface area contributed by atoms with E-state index in [1.54, 1.807) is 0 Å². The molecule has 1 aromatic heterocycles. The molecule has 1 saturated heterocycles. The minimum absolute atomic E-state index is 0.266. The molecule has 2 heterocycles. The zero-order valence-electron chi connectivity index (χ0n) is 14.9. The fourth-order valence-electron chi connectivity index (χ4n) is 3.90. The van der Waals surface area contributed by atoms with Crippen molar-refractivity contribution in [2.75, 3.05) is 11.5 Å². The number of rotatable bonds is 4. The molecule has 1 amide bonds. The predicted molar refractivity (Wildman–Crippen MR) is 107 cm³/mol. The van der Waals surface area contributed by atoms with E-state index in [1.165, 1.54) is 0 Å². The highest BCUT2D eigenvalue weighted by atomic mass is 32.2. The first kappa shape index (κ1) is 17.8. The number of hydrogen-bond acceptors (Lipinski definition) is 3. The van der Waals surface area contributed by atoms with E-state index >= 15 is 0 Å². The third kappa shape index (κ3) is 3.62. The van der Waals surface area contributed by atoms with Crippen molar-refractivity contribution in [2.24, 2.45) is 11.7 Å². The standard InChI is InChI=1S/C21H22N2O3S/c22-21(24)19-12-16(15-4-2-1-3-5-15)11-18-17(13-23-20(18)19)10-14-6-8-27(25,26)9-7-14/h1-5,11-14,23H,6-10H2,(H2,22,24). The molecule has 3 aromatic rings. The number of nitrogens with two attached hydrogens (primary N) is 1. The van der Waals surface area contributed by atoms with Crippen LogP contribution < -0.4 is 5.73 Å². The summed E-state index contributed by atoms with van der Waals surface area (Å²) in [4.78, 5) is 15.2. The first-order valence-electron chi connectivity index (χ1n) is 9.12. The van der Waals surface area contributed by atoms with Crippen LogP contribution in [0.5, 0.6) is 0 Å². The Balaban J connectivity index is 1.74. The van der Waals surface area contributed by atoms with Crippen LogP contribution in [0.15, 0.2) is 48.7 Å². The predicted octanol–water partition coefficient (Wildman–Crippen LogP) is 3.30. The lowest BCUT2D eigenvalue weighted by Gasteiger charge is -2.21. The monoisotopic (exact) mass is 382 g/mol. The largest absolute Gasteiger partial charge is 0.366 e. The Labute approximate surface area is 158 Å². The van der Waals surface area contributed by atoms with Gasteiger partial charge >= 0.3 is 0 Å². The summed E-state index contributed by atoms with van der Waals surface area (Å²) in [7, 11) is -2.87. The van der Waals surface area contributed by atoms with Gasteiger partial charge in [-0.25, -0.2) is 8.42 Å². The number of fused-ring (bicyclic) bond motifs is 1. The van der Waals surface area contributed by atoms with Gasteiger partial charge in [-0.15, -0.1) is 0 Å². The van der Waals surface area contributed by atoms with Gasteiger partial charge in [0.15, 0.2) is 0 Å². The van der Waals surface area contributed by atoms with Crippen LogP contribution in [0.1, 0.15) is 28.8 Å². The Bertz CT molecular complexity index is 1090. The minimum Gasteiger partial charge on any atom is -0.366 e. The Kier molecular flexibility index (Phi) is 4.52. The number of aromatic nitrogens is 1. The van der Waals surface area contributed by atoms with Gasteiger partial charge in [0.05, 0.1) is 22.6 Å². The molecule has 0 radical (unpaired) electrons. The van der Waals surface area contributed by atoms with Crippen LogP contribution in [0.3, 0.4) is 0 Å². The number of aromatic amines is 1. The molecule has 5 nitrogen and oxygen atoms in total. The molecule has 2 aromatic carbocycles. The van der Waals surface area contributed by atoms with Crippen LogP contribution in [0.4, 0.5) is 0 Å². The van der Waals surface area contributed by atoms with Crippen molar-refractivity contribution in [3.63, 3.8) is 0 Å². The summed E-state index contributed by atoms with van der Waals surface area (Å²) >= 11 is 0. The zero-order valence-corrected chi connectivity index (χ0v) is 15.8. The van der Waals surface area contributed by atoms with Crippen molar-refractivity contribution in [2.45, 2.75) is 19.3 Å². The highest BCUT2D eigenvalue weighted by molar-refractivity contribution is 7.91. The highest BCUT2D eigenvalue weighted by Gasteiger charge is 2.25. The molecule has 1 fully saturated rings. The topological polar surface area (TPSA) is 93.0 Å². The minimum atomic E-state index is -2.87. The van der Waals surface area contributed by atoms with Gasteiger partial charge in [-0.05, 0) is 54.0 Å². The van der Waals surface area contributed by atoms with Gasteiger partial charge in [0.1, 0.15) is 9.84 Å². The van der Waals surface area contributed by atoms with Crippen molar-refractivity contribution >= 4 is 26.6 Å². The fraction of sp³-hybridized carbons (Fsp3) is 0.286. The van der Waals surface area contributed by atoms with E-state index in [4.69, 9.17) is 5.73 Å². The highest BCUT2D eigenvalue weighted by Crippen LogP contribution is 2.32. The second-order valence-corrected chi connectivity index (χ2v) is 9.59. The van der Waals surface area contributed by atoms with Crippen molar-refractivity contribution in [1.29, 1.82) is 0 Å². The molecule has 0 saturated carbocycles. The van der Waals surface area contributed by atoms with Crippen LogP contribution in [-0.4, -0.2) is 30.8 Å².